The highest BCUT2D eigenvalue weighted by Crippen LogP contribution is 2.19. The van der Waals surface area contributed by atoms with Gasteiger partial charge < -0.3 is 5.32 Å². The first-order valence-electron chi connectivity index (χ1n) is 8.37. The van der Waals surface area contributed by atoms with Crippen molar-refractivity contribution in [1.82, 2.24) is 4.90 Å². The van der Waals surface area contributed by atoms with E-state index in [2.05, 4.69) is 58.9 Å². The zero-order valence-electron chi connectivity index (χ0n) is 13.4. The number of likely N-dealkylation sites (tertiary alicyclic amines) is 1. The van der Waals surface area contributed by atoms with Crippen LogP contribution < -0.4 is 5.32 Å². The van der Waals surface area contributed by atoms with Crippen molar-refractivity contribution < 1.29 is 0 Å². The van der Waals surface area contributed by atoms with Crippen LogP contribution in [0.1, 0.15) is 30.2 Å². The summed E-state index contributed by atoms with van der Waals surface area (Å²) in [6.07, 6.45) is 3.85. The molecule has 2 heterocycles. The molecule has 0 aliphatic carbocycles. The number of nitrogens with one attached hydrogen (secondary N) is 1. The number of hydrogen-bond donors (Lipinski definition) is 1. The first-order chi connectivity index (χ1) is 10.8. The Kier molecular flexibility index (Phi) is 5.52. The number of hydrogen-bond acceptors (Lipinski definition) is 3. The Labute approximate surface area is 138 Å². The average Bonchev–Trinajstić information content (AvgIpc) is 3.02. The quantitative estimate of drug-likeness (QED) is 0.836. The summed E-state index contributed by atoms with van der Waals surface area (Å²) in [5.74, 6) is 0.854. The predicted octanol–water partition coefficient (Wildman–Crippen LogP) is 4.63. The van der Waals surface area contributed by atoms with Crippen molar-refractivity contribution in [1.29, 1.82) is 0 Å². The molecule has 1 saturated heterocycles. The number of nitrogens with zero attached hydrogens (tertiary/aromatic N) is 1. The van der Waals surface area contributed by atoms with Gasteiger partial charge in [0.15, 0.2) is 0 Å². The van der Waals surface area contributed by atoms with Crippen LogP contribution in [0.4, 0.5) is 5.69 Å². The maximum Gasteiger partial charge on any atom is 0.0340 e. The van der Waals surface area contributed by atoms with Crippen molar-refractivity contribution in [3.8, 4) is 0 Å². The lowest BCUT2D eigenvalue weighted by Crippen LogP contribution is -2.33. The van der Waals surface area contributed by atoms with Gasteiger partial charge in [0.25, 0.3) is 0 Å². The van der Waals surface area contributed by atoms with Gasteiger partial charge in [0.2, 0.25) is 0 Å². The van der Waals surface area contributed by atoms with Crippen molar-refractivity contribution >= 4 is 17.0 Å². The van der Waals surface area contributed by atoms with Crippen molar-refractivity contribution in [3.05, 3.63) is 52.2 Å². The average molecular weight is 314 g/mol. The fourth-order valence-corrected chi connectivity index (χ4v) is 3.91. The Hall–Kier alpha value is -1.32. The number of benzene rings is 1. The van der Waals surface area contributed by atoms with Gasteiger partial charge in [-0.05, 0) is 60.9 Å². The zero-order valence-corrected chi connectivity index (χ0v) is 14.2. The highest BCUT2D eigenvalue weighted by Gasteiger charge is 2.15. The van der Waals surface area contributed by atoms with E-state index >= 15 is 0 Å². The molecule has 1 atom stereocenters. The molecule has 1 aromatic heterocycles. The summed E-state index contributed by atoms with van der Waals surface area (Å²) < 4.78 is 0. The van der Waals surface area contributed by atoms with E-state index in [1.54, 1.807) is 0 Å². The van der Waals surface area contributed by atoms with Crippen LogP contribution in [0.3, 0.4) is 0 Å². The normalized spacial score (nSPS) is 19.2. The summed E-state index contributed by atoms with van der Waals surface area (Å²) in [6.45, 7) is 6.97. The number of piperidine rings is 1. The third-order valence-corrected chi connectivity index (χ3v) is 5.32. The van der Waals surface area contributed by atoms with E-state index < -0.39 is 0 Å². The van der Waals surface area contributed by atoms with E-state index in [0.717, 1.165) is 25.4 Å². The molecule has 0 saturated carbocycles. The molecule has 1 unspecified atom stereocenters. The molecule has 1 aliphatic heterocycles. The highest BCUT2D eigenvalue weighted by atomic mass is 32.1. The summed E-state index contributed by atoms with van der Waals surface area (Å²) in [5.41, 5.74) is 2.66. The number of anilines is 1. The third-order valence-electron chi connectivity index (χ3n) is 4.38. The van der Waals surface area contributed by atoms with Gasteiger partial charge in [0.1, 0.15) is 0 Å². The van der Waals surface area contributed by atoms with Crippen LogP contribution in [0, 0.1) is 5.92 Å². The van der Waals surface area contributed by atoms with Gasteiger partial charge >= 0.3 is 0 Å². The van der Waals surface area contributed by atoms with E-state index in [1.165, 1.54) is 42.1 Å². The summed E-state index contributed by atoms with van der Waals surface area (Å²) in [6, 6.07) is 13.3. The second-order valence-corrected chi connectivity index (χ2v) is 7.47. The second kappa shape index (κ2) is 7.80. The van der Waals surface area contributed by atoms with E-state index in [0.29, 0.717) is 0 Å². The molecule has 0 amide bonds. The fraction of sp³-hybridized carbons (Fsp3) is 0.474. The molecular formula is C19H26N2S. The van der Waals surface area contributed by atoms with Gasteiger partial charge in [-0.2, -0.15) is 0 Å². The molecule has 3 rings (SSSR count). The maximum absolute atomic E-state index is 3.51. The van der Waals surface area contributed by atoms with Crippen LogP contribution in [0.15, 0.2) is 41.8 Å². The van der Waals surface area contributed by atoms with Gasteiger partial charge in [-0.25, -0.2) is 0 Å². The SMILES string of the molecule is CC1CCCN(Cc2ccc(NCCc3cccs3)cc2)C1. The van der Waals surface area contributed by atoms with Crippen molar-refractivity contribution in [2.75, 3.05) is 25.0 Å². The standard InChI is InChI=1S/C19H26N2S/c1-16-4-2-12-21(14-16)15-17-6-8-18(9-7-17)20-11-10-19-5-3-13-22-19/h3,5-9,13,16,20H,2,4,10-12,14-15H2,1H3. The monoisotopic (exact) mass is 314 g/mol. The van der Waals surface area contributed by atoms with Crippen molar-refractivity contribution in [2.24, 2.45) is 5.92 Å². The summed E-state index contributed by atoms with van der Waals surface area (Å²) in [7, 11) is 0. The Bertz CT molecular complexity index is 547. The van der Waals surface area contributed by atoms with Crippen molar-refractivity contribution in [3.63, 3.8) is 0 Å². The molecule has 2 aromatic rings. The predicted molar refractivity (Wildman–Crippen MR) is 96.6 cm³/mol. The van der Waals surface area contributed by atoms with Gasteiger partial charge in [-0.1, -0.05) is 25.1 Å². The molecule has 0 bridgehead atoms. The summed E-state index contributed by atoms with van der Waals surface area (Å²) in [4.78, 5) is 4.04. The Morgan fingerprint density at radius 1 is 1.23 bits per heavy atom. The van der Waals surface area contributed by atoms with Crippen LogP contribution >= 0.6 is 11.3 Å². The second-order valence-electron chi connectivity index (χ2n) is 6.44. The van der Waals surface area contributed by atoms with E-state index in [4.69, 9.17) is 0 Å². The Balaban J connectivity index is 1.45. The molecule has 1 aromatic carbocycles. The summed E-state index contributed by atoms with van der Waals surface area (Å²) in [5, 5.41) is 5.66. The van der Waals surface area contributed by atoms with E-state index in [1.807, 2.05) is 11.3 Å². The Morgan fingerprint density at radius 3 is 2.82 bits per heavy atom. The summed E-state index contributed by atoms with van der Waals surface area (Å²) >= 11 is 1.83. The lowest BCUT2D eigenvalue weighted by molar-refractivity contribution is 0.176. The molecule has 22 heavy (non-hydrogen) atoms. The largest absolute Gasteiger partial charge is 0.385 e. The first-order valence-corrected chi connectivity index (χ1v) is 9.25. The molecule has 1 fully saturated rings. The molecule has 0 radical (unpaired) electrons. The molecule has 118 valence electrons. The number of thiophene rings is 1. The molecule has 2 nitrogen and oxygen atoms in total. The maximum atomic E-state index is 3.51. The lowest BCUT2D eigenvalue weighted by atomic mass is 10.00. The van der Waals surface area contributed by atoms with Crippen molar-refractivity contribution in [2.45, 2.75) is 32.7 Å². The smallest absolute Gasteiger partial charge is 0.0340 e. The van der Waals surface area contributed by atoms with Crippen LogP contribution in [0.5, 0.6) is 0 Å². The molecule has 1 N–H and O–H groups in total. The van der Waals surface area contributed by atoms with Gasteiger partial charge in [0.05, 0.1) is 0 Å². The third kappa shape index (κ3) is 4.59. The van der Waals surface area contributed by atoms with Crippen LogP contribution in [0.2, 0.25) is 0 Å². The van der Waals surface area contributed by atoms with Gasteiger partial charge in [-0.3, -0.25) is 4.90 Å². The van der Waals surface area contributed by atoms with E-state index in [9.17, 15) is 0 Å². The zero-order chi connectivity index (χ0) is 15.2. The topological polar surface area (TPSA) is 15.3 Å². The molecular weight excluding hydrogens is 288 g/mol. The van der Waals surface area contributed by atoms with Gasteiger partial charge in [0, 0.05) is 30.2 Å². The fourth-order valence-electron chi connectivity index (χ4n) is 3.20. The minimum Gasteiger partial charge on any atom is -0.385 e. The first kappa shape index (κ1) is 15.6. The Morgan fingerprint density at radius 2 is 2.09 bits per heavy atom. The van der Waals surface area contributed by atoms with Crippen LogP contribution in [-0.2, 0) is 13.0 Å². The van der Waals surface area contributed by atoms with Crippen LogP contribution in [-0.4, -0.2) is 24.5 Å². The lowest BCUT2D eigenvalue weighted by Gasteiger charge is -2.30. The highest BCUT2D eigenvalue weighted by molar-refractivity contribution is 7.09. The molecule has 1 aliphatic rings. The minimum absolute atomic E-state index is 0.854. The number of rotatable bonds is 6. The minimum atomic E-state index is 0.854. The van der Waals surface area contributed by atoms with Crippen LogP contribution in [0.25, 0.3) is 0 Å². The molecule has 3 heteroatoms. The van der Waals surface area contributed by atoms with Gasteiger partial charge in [-0.15, -0.1) is 11.3 Å². The van der Waals surface area contributed by atoms with E-state index in [-0.39, 0.29) is 0 Å². The molecule has 0 spiro atoms.